The second-order valence-corrected chi connectivity index (χ2v) is 9.55. The molecule has 0 radical (unpaired) electrons. The SMILES string of the molecule is Cc1occc(=O)c1O[C@@H]1O[C@H](CO[C@@H]2OC[C@](O)(COC(=O)/C=C/c3ccc(O)c(O)c3)[C@H]2O)[C@@H](O)[C@H](O)[C@H]1O. The van der Waals surface area contributed by atoms with Crippen LogP contribution in [0, 0.1) is 6.92 Å². The Morgan fingerprint density at radius 1 is 1.07 bits per heavy atom. The molecular formula is C26H30O15. The van der Waals surface area contributed by atoms with Crippen LogP contribution in [0.5, 0.6) is 17.2 Å². The van der Waals surface area contributed by atoms with E-state index in [0.717, 1.165) is 18.4 Å². The molecule has 15 nitrogen and oxygen atoms in total. The number of carbonyl (C=O) groups excluding carboxylic acids is 1. The molecule has 224 valence electrons. The summed E-state index contributed by atoms with van der Waals surface area (Å²) in [6.07, 6.45) is -7.84. The van der Waals surface area contributed by atoms with Crippen LogP contribution in [0.3, 0.4) is 0 Å². The lowest BCUT2D eigenvalue weighted by atomic mass is 9.99. The standard InChI is InChI=1S/C26H30O15/c1-12-22(15(28)6-7-36-12)41-24-21(33)20(32)19(31)17(40-24)9-37-25-23(34)26(35,11-39-25)10-38-18(30)5-3-13-2-4-14(27)16(29)8-13/h2-8,17,19-21,23-25,27,29,31-35H,9-11H2,1H3/b5-3+/t17-,19-,20+,21-,23+,24+,25-,26-/m1/s1. The number of aliphatic hydroxyl groups excluding tert-OH is 4. The minimum Gasteiger partial charge on any atom is -0.504 e. The third kappa shape index (κ3) is 6.86. The van der Waals surface area contributed by atoms with Crippen LogP contribution in [-0.2, 0) is 23.7 Å². The number of esters is 1. The van der Waals surface area contributed by atoms with Crippen LogP contribution in [-0.4, -0.2) is 110 Å². The van der Waals surface area contributed by atoms with Crippen molar-refractivity contribution < 1.29 is 68.6 Å². The van der Waals surface area contributed by atoms with Crippen LogP contribution in [0.25, 0.3) is 6.08 Å². The lowest BCUT2D eigenvalue weighted by Gasteiger charge is -2.40. The number of hydrogen-bond acceptors (Lipinski definition) is 15. The highest BCUT2D eigenvalue weighted by molar-refractivity contribution is 5.87. The molecule has 2 saturated heterocycles. The third-order valence-corrected chi connectivity index (χ3v) is 6.52. The number of aryl methyl sites for hydroxylation is 1. The smallest absolute Gasteiger partial charge is 0.330 e. The third-order valence-electron chi connectivity index (χ3n) is 6.52. The van der Waals surface area contributed by atoms with E-state index in [1.165, 1.54) is 31.2 Å². The largest absolute Gasteiger partial charge is 0.504 e. The Morgan fingerprint density at radius 3 is 2.54 bits per heavy atom. The monoisotopic (exact) mass is 582 g/mol. The summed E-state index contributed by atoms with van der Waals surface area (Å²) in [5.74, 6) is -1.79. The van der Waals surface area contributed by atoms with Gasteiger partial charge >= 0.3 is 5.97 Å². The van der Waals surface area contributed by atoms with Gasteiger partial charge in [-0.05, 0) is 30.7 Å². The van der Waals surface area contributed by atoms with E-state index in [1.54, 1.807) is 0 Å². The topological polar surface area (TPSA) is 235 Å². The van der Waals surface area contributed by atoms with Gasteiger partial charge in [0.15, 0.2) is 23.4 Å². The molecule has 0 spiro atoms. The lowest BCUT2D eigenvalue weighted by molar-refractivity contribution is -0.289. The molecule has 15 heteroatoms. The zero-order chi connectivity index (χ0) is 29.9. The Kier molecular flexibility index (Phi) is 9.31. The fourth-order valence-corrected chi connectivity index (χ4v) is 4.07. The van der Waals surface area contributed by atoms with Crippen molar-refractivity contribution in [3.8, 4) is 17.2 Å². The fraction of sp³-hybridized carbons (Fsp3) is 0.462. The van der Waals surface area contributed by atoms with Crippen LogP contribution in [0.1, 0.15) is 11.3 Å². The summed E-state index contributed by atoms with van der Waals surface area (Å²) >= 11 is 0. The van der Waals surface area contributed by atoms with Gasteiger partial charge in [0.25, 0.3) is 0 Å². The van der Waals surface area contributed by atoms with Crippen molar-refractivity contribution in [2.45, 2.75) is 55.6 Å². The minimum atomic E-state index is -2.06. The van der Waals surface area contributed by atoms with E-state index in [1.807, 2.05) is 0 Å². The van der Waals surface area contributed by atoms with E-state index in [0.29, 0.717) is 5.56 Å². The van der Waals surface area contributed by atoms with Gasteiger partial charge in [-0.15, -0.1) is 0 Å². The molecule has 41 heavy (non-hydrogen) atoms. The summed E-state index contributed by atoms with van der Waals surface area (Å²) in [5, 5.41) is 71.1. The first-order valence-corrected chi connectivity index (χ1v) is 12.3. The average molecular weight is 583 g/mol. The van der Waals surface area contributed by atoms with E-state index >= 15 is 0 Å². The van der Waals surface area contributed by atoms with Crippen molar-refractivity contribution in [1.29, 1.82) is 0 Å². The zero-order valence-electron chi connectivity index (χ0n) is 21.6. The summed E-state index contributed by atoms with van der Waals surface area (Å²) in [7, 11) is 0. The van der Waals surface area contributed by atoms with Gasteiger partial charge in [-0.2, -0.15) is 0 Å². The molecule has 0 aliphatic carbocycles. The maximum absolute atomic E-state index is 12.1. The maximum atomic E-state index is 12.1. The Bertz CT molecular complexity index is 1310. The first-order chi connectivity index (χ1) is 19.4. The zero-order valence-corrected chi connectivity index (χ0v) is 21.6. The number of phenols is 2. The van der Waals surface area contributed by atoms with Crippen molar-refractivity contribution in [3.05, 3.63) is 58.2 Å². The number of rotatable bonds is 9. The summed E-state index contributed by atoms with van der Waals surface area (Å²) < 4.78 is 31.7. The summed E-state index contributed by atoms with van der Waals surface area (Å²) in [6, 6.07) is 4.96. The van der Waals surface area contributed by atoms with Crippen LogP contribution < -0.4 is 10.2 Å². The molecule has 1 aromatic carbocycles. The highest BCUT2D eigenvalue weighted by atomic mass is 16.7. The number of benzene rings is 1. The number of phenolic OH excluding ortho intramolecular Hbond substituents is 2. The minimum absolute atomic E-state index is 0.0827. The van der Waals surface area contributed by atoms with Gasteiger partial charge in [-0.1, -0.05) is 6.07 Å². The molecule has 0 amide bonds. The summed E-state index contributed by atoms with van der Waals surface area (Å²) in [6.45, 7) is -0.258. The molecule has 3 heterocycles. The molecule has 8 atom stereocenters. The van der Waals surface area contributed by atoms with Crippen molar-refractivity contribution in [2.24, 2.45) is 0 Å². The van der Waals surface area contributed by atoms with E-state index < -0.39 is 79.9 Å². The molecule has 2 fully saturated rings. The molecule has 2 aromatic rings. The molecule has 0 unspecified atom stereocenters. The Hall–Kier alpha value is -3.54. The van der Waals surface area contributed by atoms with Crippen LogP contribution in [0.2, 0.25) is 0 Å². The summed E-state index contributed by atoms with van der Waals surface area (Å²) in [5.41, 5.74) is -2.25. The van der Waals surface area contributed by atoms with Crippen molar-refractivity contribution in [2.75, 3.05) is 19.8 Å². The Balaban J connectivity index is 1.31. The summed E-state index contributed by atoms with van der Waals surface area (Å²) in [4.78, 5) is 24.2. The van der Waals surface area contributed by atoms with Gasteiger partial charge in [-0.3, -0.25) is 4.79 Å². The molecule has 2 aliphatic rings. The van der Waals surface area contributed by atoms with E-state index in [9.17, 15) is 45.3 Å². The van der Waals surface area contributed by atoms with Crippen LogP contribution >= 0.6 is 0 Å². The molecular weight excluding hydrogens is 552 g/mol. The number of hydrogen-bond donors (Lipinski definition) is 7. The van der Waals surface area contributed by atoms with E-state index in [-0.39, 0.29) is 23.0 Å². The van der Waals surface area contributed by atoms with E-state index in [2.05, 4.69) is 0 Å². The lowest BCUT2D eigenvalue weighted by Crippen LogP contribution is -2.60. The molecule has 1 aromatic heterocycles. The van der Waals surface area contributed by atoms with Gasteiger partial charge in [0.2, 0.25) is 17.5 Å². The molecule has 0 bridgehead atoms. The Morgan fingerprint density at radius 2 is 1.83 bits per heavy atom. The number of aromatic hydroxyl groups is 2. The van der Waals surface area contributed by atoms with Gasteiger partial charge in [0, 0.05) is 12.1 Å². The van der Waals surface area contributed by atoms with Gasteiger partial charge < -0.3 is 63.8 Å². The van der Waals surface area contributed by atoms with E-state index in [4.69, 9.17) is 28.1 Å². The van der Waals surface area contributed by atoms with Gasteiger partial charge in [0.05, 0.1) is 19.5 Å². The normalized spacial score (nSPS) is 31.8. The highest BCUT2D eigenvalue weighted by Crippen LogP contribution is 2.29. The predicted octanol–water partition coefficient (Wildman–Crippen LogP) is -1.73. The molecule has 7 N–H and O–H groups in total. The maximum Gasteiger partial charge on any atom is 0.330 e. The number of carbonyl (C=O) groups is 1. The fourth-order valence-electron chi connectivity index (χ4n) is 4.07. The first-order valence-electron chi connectivity index (χ1n) is 12.3. The van der Waals surface area contributed by atoms with Crippen LogP contribution in [0.15, 0.2) is 45.8 Å². The van der Waals surface area contributed by atoms with Crippen LogP contribution in [0.4, 0.5) is 0 Å². The molecule has 2 aliphatic heterocycles. The van der Waals surface area contributed by atoms with Crippen molar-refractivity contribution >= 4 is 12.0 Å². The predicted molar refractivity (Wildman–Crippen MR) is 133 cm³/mol. The van der Waals surface area contributed by atoms with Crippen molar-refractivity contribution in [3.63, 3.8) is 0 Å². The van der Waals surface area contributed by atoms with Gasteiger partial charge in [-0.25, -0.2) is 4.79 Å². The first kappa shape index (κ1) is 30.4. The number of aliphatic hydroxyl groups is 5. The molecule has 4 rings (SSSR count). The average Bonchev–Trinajstić information content (AvgIpc) is 3.22. The number of ether oxygens (including phenoxy) is 5. The second kappa shape index (κ2) is 12.5. The second-order valence-electron chi connectivity index (χ2n) is 9.55. The van der Waals surface area contributed by atoms with Crippen molar-refractivity contribution in [1.82, 2.24) is 0 Å². The Labute approximate surface area is 232 Å². The quantitative estimate of drug-likeness (QED) is 0.0988. The highest BCUT2D eigenvalue weighted by Gasteiger charge is 2.51. The van der Waals surface area contributed by atoms with Gasteiger partial charge in [0.1, 0.15) is 42.9 Å². The molecule has 0 saturated carbocycles.